The summed E-state index contributed by atoms with van der Waals surface area (Å²) in [5, 5.41) is 8.73. The van der Waals surface area contributed by atoms with Gasteiger partial charge in [0.25, 0.3) is 11.8 Å². The highest BCUT2D eigenvalue weighted by Crippen LogP contribution is 2.27. The Morgan fingerprint density at radius 3 is 1.94 bits per heavy atom. The standard InChI is InChI=1S/C24H22N4O4/c25-11-10-21(29)26-12-14-27(15-13-26)24(32)20(16-17-6-2-1-3-7-17)28-22(30)18-8-4-5-9-19(18)23(28)31/h1-9,20H,10,12-16H2. The van der Waals surface area contributed by atoms with E-state index in [0.29, 0.717) is 24.2 Å². The van der Waals surface area contributed by atoms with Gasteiger partial charge >= 0.3 is 0 Å². The topological polar surface area (TPSA) is 102 Å². The molecule has 1 unspecified atom stereocenters. The van der Waals surface area contributed by atoms with E-state index >= 15 is 0 Å². The molecular formula is C24H22N4O4. The van der Waals surface area contributed by atoms with Crippen LogP contribution in [0.15, 0.2) is 54.6 Å². The number of benzene rings is 2. The minimum absolute atomic E-state index is 0.195. The quantitative estimate of drug-likeness (QED) is 0.669. The number of carbonyl (C=O) groups is 4. The molecule has 0 saturated carbocycles. The maximum absolute atomic E-state index is 13.6. The Balaban J connectivity index is 1.58. The lowest BCUT2D eigenvalue weighted by molar-refractivity contribution is -0.141. The van der Waals surface area contributed by atoms with Crippen molar-refractivity contribution in [3.63, 3.8) is 0 Å². The van der Waals surface area contributed by atoms with Crippen LogP contribution in [0.4, 0.5) is 0 Å². The summed E-state index contributed by atoms with van der Waals surface area (Å²) in [5.74, 6) is -1.53. The molecule has 8 nitrogen and oxygen atoms in total. The van der Waals surface area contributed by atoms with E-state index in [1.54, 1.807) is 34.1 Å². The van der Waals surface area contributed by atoms with Gasteiger partial charge in [0.2, 0.25) is 11.8 Å². The van der Waals surface area contributed by atoms with Crippen LogP contribution in [0.25, 0.3) is 0 Å². The number of amides is 4. The minimum atomic E-state index is -0.980. The second kappa shape index (κ2) is 9.02. The molecule has 2 aromatic rings. The Morgan fingerprint density at radius 1 is 0.844 bits per heavy atom. The molecule has 1 atom stereocenters. The van der Waals surface area contributed by atoms with Gasteiger partial charge in [-0.15, -0.1) is 0 Å². The predicted octanol–water partition coefficient (Wildman–Crippen LogP) is 1.48. The van der Waals surface area contributed by atoms with Gasteiger partial charge in [-0.05, 0) is 17.7 Å². The summed E-state index contributed by atoms with van der Waals surface area (Å²) in [4.78, 5) is 55.9. The lowest BCUT2D eigenvalue weighted by Crippen LogP contribution is -2.57. The zero-order valence-electron chi connectivity index (χ0n) is 17.4. The highest BCUT2D eigenvalue weighted by molar-refractivity contribution is 6.22. The van der Waals surface area contributed by atoms with Gasteiger partial charge in [-0.3, -0.25) is 24.1 Å². The third-order valence-corrected chi connectivity index (χ3v) is 5.87. The van der Waals surface area contributed by atoms with Gasteiger partial charge in [-0.1, -0.05) is 42.5 Å². The molecule has 0 bridgehead atoms. The number of nitrogens with zero attached hydrogens (tertiary/aromatic N) is 4. The number of hydrogen-bond acceptors (Lipinski definition) is 5. The fourth-order valence-corrected chi connectivity index (χ4v) is 4.18. The minimum Gasteiger partial charge on any atom is -0.338 e. The van der Waals surface area contributed by atoms with Gasteiger partial charge in [0, 0.05) is 32.6 Å². The molecule has 0 aliphatic carbocycles. The number of imide groups is 1. The van der Waals surface area contributed by atoms with Gasteiger partial charge in [0.1, 0.15) is 12.5 Å². The first-order valence-electron chi connectivity index (χ1n) is 10.5. The van der Waals surface area contributed by atoms with Crippen LogP contribution < -0.4 is 0 Å². The Bertz CT molecular complexity index is 1070. The molecule has 2 aliphatic rings. The SMILES string of the molecule is N#CCC(=O)N1CCN(C(=O)C(Cc2ccccc2)N2C(=O)c3ccccc3C2=O)CC1. The van der Waals surface area contributed by atoms with Crippen molar-refractivity contribution in [1.29, 1.82) is 5.26 Å². The van der Waals surface area contributed by atoms with E-state index in [2.05, 4.69) is 0 Å². The molecule has 32 heavy (non-hydrogen) atoms. The van der Waals surface area contributed by atoms with Crippen molar-refractivity contribution in [3.05, 3.63) is 71.3 Å². The molecule has 4 rings (SSSR count). The zero-order valence-corrected chi connectivity index (χ0v) is 17.4. The van der Waals surface area contributed by atoms with E-state index in [1.165, 1.54) is 0 Å². The number of nitriles is 1. The smallest absolute Gasteiger partial charge is 0.262 e. The van der Waals surface area contributed by atoms with Crippen molar-refractivity contribution in [3.8, 4) is 6.07 Å². The third kappa shape index (κ3) is 3.97. The normalized spacial score (nSPS) is 16.5. The van der Waals surface area contributed by atoms with Gasteiger partial charge in [0.05, 0.1) is 17.2 Å². The van der Waals surface area contributed by atoms with E-state index in [1.807, 2.05) is 36.4 Å². The molecule has 0 N–H and O–H groups in total. The fraction of sp³-hybridized carbons (Fsp3) is 0.292. The van der Waals surface area contributed by atoms with Crippen LogP contribution in [0.5, 0.6) is 0 Å². The Kier molecular flexibility index (Phi) is 5.99. The second-order valence-electron chi connectivity index (χ2n) is 7.77. The monoisotopic (exact) mass is 430 g/mol. The molecule has 8 heteroatoms. The van der Waals surface area contributed by atoms with Crippen LogP contribution >= 0.6 is 0 Å². The maximum atomic E-state index is 13.6. The summed E-state index contributed by atoms with van der Waals surface area (Å²) in [5.41, 5.74) is 1.44. The molecule has 2 heterocycles. The fourth-order valence-electron chi connectivity index (χ4n) is 4.18. The van der Waals surface area contributed by atoms with Crippen LogP contribution in [0.3, 0.4) is 0 Å². The summed E-state index contributed by atoms with van der Waals surface area (Å²) in [6.45, 7) is 1.19. The predicted molar refractivity (Wildman–Crippen MR) is 114 cm³/mol. The van der Waals surface area contributed by atoms with Gasteiger partial charge in [0.15, 0.2) is 0 Å². The zero-order chi connectivity index (χ0) is 22.7. The Hall–Kier alpha value is -3.99. The average molecular weight is 430 g/mol. The van der Waals surface area contributed by atoms with Crippen molar-refractivity contribution >= 4 is 23.6 Å². The van der Waals surface area contributed by atoms with Crippen LogP contribution in [0.1, 0.15) is 32.7 Å². The van der Waals surface area contributed by atoms with Gasteiger partial charge in [-0.2, -0.15) is 5.26 Å². The molecule has 0 radical (unpaired) electrons. The van der Waals surface area contributed by atoms with E-state index in [0.717, 1.165) is 10.5 Å². The van der Waals surface area contributed by atoms with Crippen molar-refractivity contribution in [2.75, 3.05) is 26.2 Å². The van der Waals surface area contributed by atoms with Crippen molar-refractivity contribution in [1.82, 2.24) is 14.7 Å². The van der Waals surface area contributed by atoms with E-state index in [-0.39, 0.29) is 37.7 Å². The molecule has 2 aromatic carbocycles. The number of carbonyl (C=O) groups excluding carboxylic acids is 4. The van der Waals surface area contributed by atoms with Crippen molar-refractivity contribution in [2.24, 2.45) is 0 Å². The lowest BCUT2D eigenvalue weighted by Gasteiger charge is -2.37. The highest BCUT2D eigenvalue weighted by atomic mass is 16.2. The Labute approximate surface area is 185 Å². The number of hydrogen-bond donors (Lipinski definition) is 0. The number of piperazine rings is 1. The largest absolute Gasteiger partial charge is 0.338 e. The summed E-state index contributed by atoms with van der Waals surface area (Å²) in [6, 6.07) is 16.7. The van der Waals surface area contributed by atoms with E-state index < -0.39 is 17.9 Å². The molecule has 0 spiro atoms. The average Bonchev–Trinajstić information content (AvgIpc) is 3.08. The lowest BCUT2D eigenvalue weighted by atomic mass is 10.0. The maximum Gasteiger partial charge on any atom is 0.262 e. The van der Waals surface area contributed by atoms with Crippen LogP contribution in [-0.4, -0.2) is 70.5 Å². The van der Waals surface area contributed by atoms with Gasteiger partial charge < -0.3 is 9.80 Å². The first kappa shape index (κ1) is 21.2. The first-order chi connectivity index (χ1) is 15.5. The van der Waals surface area contributed by atoms with Crippen molar-refractivity contribution in [2.45, 2.75) is 18.9 Å². The third-order valence-electron chi connectivity index (χ3n) is 5.87. The van der Waals surface area contributed by atoms with Crippen LogP contribution in [0, 0.1) is 11.3 Å². The molecule has 0 aromatic heterocycles. The summed E-state index contributed by atoms with van der Waals surface area (Å²) >= 11 is 0. The van der Waals surface area contributed by atoms with Gasteiger partial charge in [-0.25, -0.2) is 0 Å². The van der Waals surface area contributed by atoms with Crippen LogP contribution in [0.2, 0.25) is 0 Å². The van der Waals surface area contributed by atoms with E-state index in [4.69, 9.17) is 5.26 Å². The molecule has 1 saturated heterocycles. The molecular weight excluding hydrogens is 408 g/mol. The second-order valence-corrected chi connectivity index (χ2v) is 7.77. The molecule has 162 valence electrons. The first-order valence-corrected chi connectivity index (χ1v) is 10.5. The number of rotatable bonds is 5. The number of fused-ring (bicyclic) bond motifs is 1. The molecule has 4 amide bonds. The summed E-state index contributed by atoms with van der Waals surface area (Å²) < 4.78 is 0. The molecule has 2 aliphatic heterocycles. The van der Waals surface area contributed by atoms with Crippen molar-refractivity contribution < 1.29 is 19.2 Å². The van der Waals surface area contributed by atoms with E-state index in [9.17, 15) is 19.2 Å². The van der Waals surface area contributed by atoms with Crippen LogP contribution in [-0.2, 0) is 16.0 Å². The Morgan fingerprint density at radius 2 is 1.38 bits per heavy atom. The summed E-state index contributed by atoms with van der Waals surface area (Å²) in [6.07, 6.45) is 0.0122. The highest BCUT2D eigenvalue weighted by Gasteiger charge is 2.44. The summed E-state index contributed by atoms with van der Waals surface area (Å²) in [7, 11) is 0. The molecule has 1 fully saturated rings.